The van der Waals surface area contributed by atoms with Gasteiger partial charge in [-0.1, -0.05) is 6.07 Å². The van der Waals surface area contributed by atoms with Gasteiger partial charge in [-0.05, 0) is 47.9 Å². The van der Waals surface area contributed by atoms with Crippen molar-refractivity contribution in [1.82, 2.24) is 0 Å². The van der Waals surface area contributed by atoms with E-state index in [4.69, 9.17) is 5.73 Å². The molecule has 0 aromatic heterocycles. The Morgan fingerprint density at radius 1 is 1.12 bits per heavy atom. The van der Waals surface area contributed by atoms with Crippen molar-refractivity contribution in [3.63, 3.8) is 0 Å². The van der Waals surface area contributed by atoms with Gasteiger partial charge in [-0.2, -0.15) is 0 Å². The molecule has 0 atom stereocenters. The van der Waals surface area contributed by atoms with Crippen molar-refractivity contribution in [2.75, 3.05) is 16.8 Å². The van der Waals surface area contributed by atoms with Gasteiger partial charge < -0.3 is 11.1 Å². The minimum absolute atomic E-state index is 0.0678. The second kappa shape index (κ2) is 6.27. The van der Waals surface area contributed by atoms with E-state index in [0.29, 0.717) is 24.2 Å². The number of halogens is 2. The molecule has 3 rings (SSSR count). The lowest BCUT2D eigenvalue weighted by Gasteiger charge is -2.14. The third-order valence-electron chi connectivity index (χ3n) is 3.87. The van der Waals surface area contributed by atoms with Gasteiger partial charge in [-0.3, -0.25) is 9.69 Å². The van der Waals surface area contributed by atoms with Crippen LogP contribution in [0.15, 0.2) is 36.4 Å². The van der Waals surface area contributed by atoms with Gasteiger partial charge in [0, 0.05) is 17.9 Å². The van der Waals surface area contributed by atoms with Crippen LogP contribution in [-0.2, 0) is 17.6 Å². The molecule has 124 valence electrons. The van der Waals surface area contributed by atoms with Crippen molar-refractivity contribution in [3.8, 4) is 0 Å². The predicted molar refractivity (Wildman–Crippen MR) is 85.8 cm³/mol. The number of hydrogen-bond donors (Lipinski definition) is 2. The Balaban J connectivity index is 1.69. The van der Waals surface area contributed by atoms with E-state index in [1.807, 2.05) is 0 Å². The number of rotatable bonds is 3. The van der Waals surface area contributed by atoms with E-state index in [9.17, 15) is 18.4 Å². The van der Waals surface area contributed by atoms with Gasteiger partial charge in [-0.25, -0.2) is 13.6 Å². The largest absolute Gasteiger partial charge is 0.351 e. The van der Waals surface area contributed by atoms with Crippen LogP contribution < -0.4 is 16.0 Å². The molecule has 0 aliphatic carbocycles. The predicted octanol–water partition coefficient (Wildman–Crippen LogP) is 2.59. The van der Waals surface area contributed by atoms with Crippen LogP contribution in [0.2, 0.25) is 0 Å². The number of carbonyl (C=O) groups is 2. The molecule has 1 heterocycles. The van der Waals surface area contributed by atoms with Gasteiger partial charge in [0.05, 0.1) is 6.42 Å². The molecular formula is C17H15F2N3O2. The van der Waals surface area contributed by atoms with E-state index in [0.717, 1.165) is 23.4 Å². The number of nitrogens with zero attached hydrogens (tertiary/aromatic N) is 1. The number of amides is 3. The minimum atomic E-state index is -0.982. The SMILES string of the molecule is NC(=O)N1CCc2cc(NC(=O)Cc3ccc(F)c(F)c3)ccc21. The van der Waals surface area contributed by atoms with Crippen LogP contribution in [0.5, 0.6) is 0 Å². The molecule has 1 aliphatic rings. The fourth-order valence-corrected chi connectivity index (χ4v) is 2.75. The molecule has 0 fully saturated rings. The number of hydrogen-bond acceptors (Lipinski definition) is 2. The molecule has 0 radical (unpaired) electrons. The number of anilines is 2. The summed E-state index contributed by atoms with van der Waals surface area (Å²) < 4.78 is 26.0. The first-order chi connectivity index (χ1) is 11.4. The second-order valence-electron chi connectivity index (χ2n) is 5.56. The maximum absolute atomic E-state index is 13.2. The van der Waals surface area contributed by atoms with Crippen molar-refractivity contribution in [2.45, 2.75) is 12.8 Å². The number of nitrogens with two attached hydrogens (primary N) is 1. The van der Waals surface area contributed by atoms with Crippen LogP contribution in [0.25, 0.3) is 0 Å². The topological polar surface area (TPSA) is 75.4 Å². The smallest absolute Gasteiger partial charge is 0.319 e. The zero-order valence-electron chi connectivity index (χ0n) is 12.7. The summed E-state index contributed by atoms with van der Waals surface area (Å²) in [5, 5.41) is 2.71. The van der Waals surface area contributed by atoms with Crippen LogP contribution in [0.4, 0.5) is 25.0 Å². The highest BCUT2D eigenvalue weighted by atomic mass is 19.2. The second-order valence-corrected chi connectivity index (χ2v) is 5.56. The van der Waals surface area contributed by atoms with E-state index >= 15 is 0 Å². The molecule has 3 amide bonds. The third kappa shape index (κ3) is 3.19. The van der Waals surface area contributed by atoms with Crippen LogP contribution in [-0.4, -0.2) is 18.5 Å². The molecule has 5 nitrogen and oxygen atoms in total. The Morgan fingerprint density at radius 2 is 1.92 bits per heavy atom. The standard InChI is InChI=1S/C17H15F2N3O2/c18-13-3-1-10(7-14(13)19)8-16(23)21-12-2-4-15-11(9-12)5-6-22(15)17(20)24/h1-4,7,9H,5-6,8H2,(H2,20,24)(H,21,23). The Hall–Kier alpha value is -2.96. The molecule has 24 heavy (non-hydrogen) atoms. The molecule has 2 aromatic carbocycles. The highest BCUT2D eigenvalue weighted by Gasteiger charge is 2.23. The monoisotopic (exact) mass is 331 g/mol. The summed E-state index contributed by atoms with van der Waals surface area (Å²) in [7, 11) is 0. The average Bonchev–Trinajstić information content (AvgIpc) is 2.94. The Labute approximate surface area is 137 Å². The zero-order valence-corrected chi connectivity index (χ0v) is 12.7. The van der Waals surface area contributed by atoms with Gasteiger partial charge in [0.2, 0.25) is 5.91 Å². The highest BCUT2D eigenvalue weighted by Crippen LogP contribution is 2.30. The molecule has 3 N–H and O–H groups in total. The van der Waals surface area contributed by atoms with E-state index in [1.54, 1.807) is 18.2 Å². The van der Waals surface area contributed by atoms with Gasteiger partial charge in [0.1, 0.15) is 0 Å². The van der Waals surface area contributed by atoms with Crippen molar-refractivity contribution >= 4 is 23.3 Å². The molecule has 0 bridgehead atoms. The summed E-state index contributed by atoms with van der Waals surface area (Å²) >= 11 is 0. The average molecular weight is 331 g/mol. The summed E-state index contributed by atoms with van der Waals surface area (Å²) in [6.45, 7) is 0.511. The van der Waals surface area contributed by atoms with E-state index in [1.165, 1.54) is 11.0 Å². The maximum atomic E-state index is 13.2. The minimum Gasteiger partial charge on any atom is -0.351 e. The van der Waals surface area contributed by atoms with Gasteiger partial charge in [0.15, 0.2) is 11.6 Å². The van der Waals surface area contributed by atoms with E-state index in [2.05, 4.69) is 5.32 Å². The van der Waals surface area contributed by atoms with Crippen molar-refractivity contribution in [3.05, 3.63) is 59.2 Å². The summed E-state index contributed by atoms with van der Waals surface area (Å²) in [4.78, 5) is 24.8. The number of nitrogens with one attached hydrogen (secondary N) is 1. The molecule has 1 aliphatic heterocycles. The summed E-state index contributed by atoms with van der Waals surface area (Å²) in [5.41, 5.74) is 7.91. The number of carbonyl (C=O) groups excluding carboxylic acids is 2. The number of primary amides is 1. The normalized spacial score (nSPS) is 12.8. The first-order valence-electron chi connectivity index (χ1n) is 7.38. The number of fused-ring (bicyclic) bond motifs is 1. The summed E-state index contributed by atoms with van der Waals surface area (Å²) in [6.07, 6.45) is 0.590. The van der Waals surface area contributed by atoms with Gasteiger partial charge >= 0.3 is 6.03 Å². The highest BCUT2D eigenvalue weighted by molar-refractivity contribution is 5.95. The molecule has 7 heteroatoms. The molecule has 0 saturated heterocycles. The van der Waals surface area contributed by atoms with E-state index < -0.39 is 17.7 Å². The molecular weight excluding hydrogens is 316 g/mol. The Kier molecular flexibility index (Phi) is 4.16. The van der Waals surface area contributed by atoms with Crippen molar-refractivity contribution in [2.24, 2.45) is 5.73 Å². The molecule has 0 spiro atoms. The van der Waals surface area contributed by atoms with Crippen LogP contribution in [0.3, 0.4) is 0 Å². The van der Waals surface area contributed by atoms with Crippen LogP contribution in [0, 0.1) is 11.6 Å². The first-order valence-corrected chi connectivity index (χ1v) is 7.38. The van der Waals surface area contributed by atoms with Crippen molar-refractivity contribution < 1.29 is 18.4 Å². The summed E-state index contributed by atoms with van der Waals surface area (Å²) in [5.74, 6) is -2.27. The van der Waals surface area contributed by atoms with Crippen molar-refractivity contribution in [1.29, 1.82) is 0 Å². The lowest BCUT2D eigenvalue weighted by atomic mass is 10.1. The summed E-state index contributed by atoms with van der Waals surface area (Å²) in [6, 6.07) is 8.02. The molecule has 2 aromatic rings. The fourth-order valence-electron chi connectivity index (χ4n) is 2.75. The van der Waals surface area contributed by atoms with Crippen LogP contribution in [0.1, 0.15) is 11.1 Å². The maximum Gasteiger partial charge on any atom is 0.319 e. The van der Waals surface area contributed by atoms with Gasteiger partial charge in [-0.15, -0.1) is 0 Å². The quantitative estimate of drug-likeness (QED) is 0.907. The fraction of sp³-hybridized carbons (Fsp3) is 0.176. The van der Waals surface area contributed by atoms with Crippen LogP contribution >= 0.6 is 0 Å². The Bertz CT molecular complexity index is 823. The lowest BCUT2D eigenvalue weighted by Crippen LogP contribution is -2.33. The van der Waals surface area contributed by atoms with Gasteiger partial charge in [0.25, 0.3) is 0 Å². The lowest BCUT2D eigenvalue weighted by molar-refractivity contribution is -0.115. The van der Waals surface area contributed by atoms with E-state index in [-0.39, 0.29) is 12.3 Å². The number of urea groups is 1. The zero-order chi connectivity index (χ0) is 17.3. The number of benzene rings is 2. The third-order valence-corrected chi connectivity index (χ3v) is 3.87. The molecule has 0 saturated carbocycles. The Morgan fingerprint density at radius 3 is 2.62 bits per heavy atom. The molecule has 0 unspecified atom stereocenters. The first kappa shape index (κ1) is 15.9.